The van der Waals surface area contributed by atoms with E-state index in [4.69, 9.17) is 11.6 Å². The van der Waals surface area contributed by atoms with E-state index in [1.54, 1.807) is 48.5 Å². The summed E-state index contributed by atoms with van der Waals surface area (Å²) in [5.41, 5.74) is 1.82. The lowest BCUT2D eigenvalue weighted by Gasteiger charge is -2.05. The number of benzene rings is 2. The van der Waals surface area contributed by atoms with Crippen LogP contribution in [0.4, 0.5) is 5.13 Å². The van der Waals surface area contributed by atoms with Gasteiger partial charge in [-0.15, -0.1) is 10.2 Å². The van der Waals surface area contributed by atoms with E-state index in [1.807, 2.05) is 6.92 Å². The lowest BCUT2D eigenvalue weighted by Crippen LogP contribution is -2.25. The topological polar surface area (TPSA) is 101 Å². The molecular weight excluding hydrogens is 432 g/mol. The first-order chi connectivity index (χ1) is 13.8. The van der Waals surface area contributed by atoms with Crippen LogP contribution < -0.4 is 10.0 Å². The largest absolute Gasteiger partial charge is 0.300 e. The smallest absolute Gasteiger partial charge is 0.240 e. The number of carbonyl (C=O) groups is 1. The standard InChI is InChI=1S/C19H19ClN4O3S2/c1-13-2-8-16(9-3-13)29(26,27)21-11-10-18-23-24-19(28-18)22-17(25)12-14-4-6-15(20)7-5-14/h2-9,21H,10-12H2,1H3,(H,22,24,25). The number of aromatic nitrogens is 2. The molecule has 0 aliphatic carbocycles. The van der Waals surface area contributed by atoms with Gasteiger partial charge in [-0.2, -0.15) is 0 Å². The van der Waals surface area contributed by atoms with E-state index in [0.29, 0.717) is 21.6 Å². The van der Waals surface area contributed by atoms with Gasteiger partial charge in [0.15, 0.2) is 0 Å². The molecule has 1 amide bonds. The molecule has 0 unspecified atom stereocenters. The van der Waals surface area contributed by atoms with Gasteiger partial charge in [0.25, 0.3) is 0 Å². The fourth-order valence-corrected chi connectivity index (χ4v) is 4.36. The summed E-state index contributed by atoms with van der Waals surface area (Å²) < 4.78 is 27.1. The van der Waals surface area contributed by atoms with Crippen molar-refractivity contribution in [2.45, 2.75) is 24.7 Å². The molecular formula is C19H19ClN4O3S2. The molecule has 152 valence electrons. The van der Waals surface area contributed by atoms with Gasteiger partial charge >= 0.3 is 0 Å². The van der Waals surface area contributed by atoms with E-state index in [0.717, 1.165) is 11.1 Å². The second-order valence-corrected chi connectivity index (χ2v) is 9.58. The van der Waals surface area contributed by atoms with E-state index in [-0.39, 0.29) is 23.8 Å². The lowest BCUT2D eigenvalue weighted by atomic mass is 10.1. The Morgan fingerprint density at radius 3 is 2.45 bits per heavy atom. The highest BCUT2D eigenvalue weighted by atomic mass is 35.5. The summed E-state index contributed by atoms with van der Waals surface area (Å²) in [6, 6.07) is 13.7. The van der Waals surface area contributed by atoms with Crippen molar-refractivity contribution in [3.8, 4) is 0 Å². The normalized spacial score (nSPS) is 11.4. The van der Waals surface area contributed by atoms with Crippen molar-refractivity contribution in [2.24, 2.45) is 0 Å². The Labute approximate surface area is 178 Å². The van der Waals surface area contributed by atoms with E-state index in [1.165, 1.54) is 11.3 Å². The Kier molecular flexibility index (Phi) is 6.96. The summed E-state index contributed by atoms with van der Waals surface area (Å²) in [5, 5.41) is 12.2. The van der Waals surface area contributed by atoms with Crippen molar-refractivity contribution < 1.29 is 13.2 Å². The summed E-state index contributed by atoms with van der Waals surface area (Å²) in [6.07, 6.45) is 0.568. The van der Waals surface area contributed by atoms with Crippen molar-refractivity contribution in [1.29, 1.82) is 0 Å². The van der Waals surface area contributed by atoms with Crippen LogP contribution in [0.15, 0.2) is 53.4 Å². The van der Waals surface area contributed by atoms with E-state index < -0.39 is 10.0 Å². The highest BCUT2D eigenvalue weighted by Crippen LogP contribution is 2.17. The molecule has 0 spiro atoms. The molecule has 0 fully saturated rings. The average molecular weight is 451 g/mol. The second-order valence-electron chi connectivity index (χ2n) is 6.31. The quantitative estimate of drug-likeness (QED) is 0.548. The first-order valence-corrected chi connectivity index (χ1v) is 11.4. The molecule has 0 saturated carbocycles. The Balaban J connectivity index is 1.49. The SMILES string of the molecule is Cc1ccc(S(=O)(=O)NCCc2nnc(NC(=O)Cc3ccc(Cl)cc3)s2)cc1. The first-order valence-electron chi connectivity index (χ1n) is 8.75. The molecule has 0 radical (unpaired) electrons. The van der Waals surface area contributed by atoms with E-state index >= 15 is 0 Å². The predicted octanol–water partition coefficient (Wildman–Crippen LogP) is 3.20. The maximum atomic E-state index is 12.3. The van der Waals surface area contributed by atoms with Gasteiger partial charge in [0.05, 0.1) is 11.3 Å². The number of nitrogens with one attached hydrogen (secondary N) is 2. The molecule has 0 saturated heterocycles. The zero-order chi connectivity index (χ0) is 20.9. The molecule has 2 aromatic carbocycles. The molecule has 29 heavy (non-hydrogen) atoms. The zero-order valence-electron chi connectivity index (χ0n) is 15.6. The Bertz CT molecular complexity index is 1080. The predicted molar refractivity (Wildman–Crippen MR) is 114 cm³/mol. The number of anilines is 1. The monoisotopic (exact) mass is 450 g/mol. The van der Waals surface area contributed by atoms with E-state index in [2.05, 4.69) is 20.2 Å². The summed E-state index contributed by atoms with van der Waals surface area (Å²) in [5.74, 6) is -0.213. The van der Waals surface area contributed by atoms with Crippen LogP contribution in [0.5, 0.6) is 0 Å². The van der Waals surface area contributed by atoms with Crippen LogP contribution in [0.2, 0.25) is 5.02 Å². The van der Waals surface area contributed by atoms with Crippen molar-refractivity contribution in [3.05, 3.63) is 69.7 Å². The van der Waals surface area contributed by atoms with Gasteiger partial charge in [-0.05, 0) is 36.8 Å². The van der Waals surface area contributed by atoms with Crippen molar-refractivity contribution in [3.63, 3.8) is 0 Å². The van der Waals surface area contributed by atoms with Crippen LogP contribution in [0.1, 0.15) is 16.1 Å². The molecule has 0 atom stereocenters. The third kappa shape index (κ3) is 6.33. The minimum absolute atomic E-state index is 0.184. The number of hydrogen-bond donors (Lipinski definition) is 2. The minimum Gasteiger partial charge on any atom is -0.300 e. The number of carbonyl (C=O) groups excluding carboxylic acids is 1. The van der Waals surface area contributed by atoms with Gasteiger partial charge in [-0.1, -0.05) is 52.8 Å². The molecule has 0 bridgehead atoms. The first kappa shape index (κ1) is 21.4. The summed E-state index contributed by atoms with van der Waals surface area (Å²) >= 11 is 7.04. The number of halogens is 1. The fourth-order valence-electron chi connectivity index (χ4n) is 2.45. The van der Waals surface area contributed by atoms with Gasteiger partial charge in [0, 0.05) is 18.0 Å². The molecule has 2 N–H and O–H groups in total. The molecule has 1 aromatic heterocycles. The summed E-state index contributed by atoms with van der Waals surface area (Å²) in [4.78, 5) is 12.3. The number of rotatable bonds is 8. The van der Waals surface area contributed by atoms with Crippen molar-refractivity contribution in [1.82, 2.24) is 14.9 Å². The third-order valence-electron chi connectivity index (χ3n) is 3.95. The second kappa shape index (κ2) is 9.45. The van der Waals surface area contributed by atoms with Crippen LogP contribution in [0, 0.1) is 6.92 Å². The highest BCUT2D eigenvalue weighted by molar-refractivity contribution is 7.89. The van der Waals surface area contributed by atoms with Gasteiger partial charge in [0.1, 0.15) is 5.01 Å². The van der Waals surface area contributed by atoms with Crippen LogP contribution in [0.25, 0.3) is 0 Å². The molecule has 3 aromatic rings. The van der Waals surface area contributed by atoms with Crippen LogP contribution in [-0.4, -0.2) is 31.1 Å². The third-order valence-corrected chi connectivity index (χ3v) is 6.58. The summed E-state index contributed by atoms with van der Waals surface area (Å²) in [7, 11) is -3.57. The van der Waals surface area contributed by atoms with Gasteiger partial charge in [-0.25, -0.2) is 13.1 Å². The number of nitrogens with zero attached hydrogens (tertiary/aromatic N) is 2. The molecule has 10 heteroatoms. The van der Waals surface area contributed by atoms with Gasteiger partial charge in [-0.3, -0.25) is 4.79 Å². The Morgan fingerprint density at radius 1 is 1.07 bits per heavy atom. The number of hydrogen-bond acceptors (Lipinski definition) is 6. The maximum absolute atomic E-state index is 12.3. The number of sulfonamides is 1. The van der Waals surface area contributed by atoms with Crippen LogP contribution in [-0.2, 0) is 27.7 Å². The van der Waals surface area contributed by atoms with Crippen LogP contribution >= 0.6 is 22.9 Å². The zero-order valence-corrected chi connectivity index (χ0v) is 17.9. The Hall–Kier alpha value is -2.33. The highest BCUT2D eigenvalue weighted by Gasteiger charge is 2.14. The molecule has 0 aliphatic rings. The molecule has 3 rings (SSSR count). The van der Waals surface area contributed by atoms with E-state index in [9.17, 15) is 13.2 Å². The molecule has 7 nitrogen and oxygen atoms in total. The van der Waals surface area contributed by atoms with Gasteiger partial charge < -0.3 is 5.32 Å². The number of amides is 1. The molecule has 0 aliphatic heterocycles. The Morgan fingerprint density at radius 2 is 1.76 bits per heavy atom. The number of aryl methyl sites for hydroxylation is 1. The van der Waals surface area contributed by atoms with Crippen LogP contribution in [0.3, 0.4) is 0 Å². The minimum atomic E-state index is -3.57. The van der Waals surface area contributed by atoms with Crippen molar-refractivity contribution in [2.75, 3.05) is 11.9 Å². The lowest BCUT2D eigenvalue weighted by molar-refractivity contribution is -0.115. The summed E-state index contributed by atoms with van der Waals surface area (Å²) in [6.45, 7) is 2.08. The maximum Gasteiger partial charge on any atom is 0.240 e. The fraction of sp³-hybridized carbons (Fsp3) is 0.211. The molecule has 1 heterocycles. The average Bonchev–Trinajstić information content (AvgIpc) is 3.11. The van der Waals surface area contributed by atoms with Crippen molar-refractivity contribution >= 4 is 44.0 Å². The van der Waals surface area contributed by atoms with Gasteiger partial charge in [0.2, 0.25) is 21.1 Å².